The average molecular weight is 1520 g/mol. The maximum atomic E-state index is 15.0. The zero-order valence-corrected chi connectivity index (χ0v) is 64.4. The van der Waals surface area contributed by atoms with Crippen molar-refractivity contribution in [3.8, 4) is 89.2 Å². The standard InChI is InChI=1S/C42H28N2S9.C30H18F2N2S7/c1-17-11-29(48-22(17)6)31-15-25-36-37(44-53-43-36)26-16-32(51-42(26)41(25)50-31)30-12-18(2)38(49-30)33-14-24-35(28-10-8-20(4)46-28)39-23(13-21(5)47-39)34(40(24)52-33)27-9-7-19(3)45-27;1-11-5-19(36-14(11)4)21-8-15-24-25(34-41-33-24)16-9-22(39-28(16)27(15)38-21)20-6-12(2)26(37-20)23-10-18(32)30(40-23)29-17(31)7-13(3)35-29/h7-16H,1-6H3;5-10H,1-4H3. The van der Waals surface area contributed by atoms with Crippen LogP contribution in [0.4, 0.5) is 8.78 Å². The molecule has 94 heavy (non-hydrogen) atoms. The number of nitrogens with zero attached hydrogens (tertiary/aromatic N) is 4. The Morgan fingerprint density at radius 3 is 0.989 bits per heavy atom. The van der Waals surface area contributed by atoms with E-state index in [1.165, 1.54) is 208 Å². The van der Waals surface area contributed by atoms with Gasteiger partial charge in [0.1, 0.15) is 33.7 Å². The summed E-state index contributed by atoms with van der Waals surface area (Å²) in [6.07, 6.45) is 0. The fourth-order valence-electron chi connectivity index (χ4n) is 12.5. The van der Waals surface area contributed by atoms with E-state index in [0.717, 1.165) is 57.4 Å². The maximum absolute atomic E-state index is 15.0. The summed E-state index contributed by atoms with van der Waals surface area (Å²) >= 11 is 27.7. The first-order valence-electron chi connectivity index (χ1n) is 29.7. The molecule has 0 atom stereocenters. The van der Waals surface area contributed by atoms with Crippen LogP contribution >= 0.6 is 182 Å². The van der Waals surface area contributed by atoms with Crippen molar-refractivity contribution >= 4 is 265 Å². The van der Waals surface area contributed by atoms with Crippen molar-refractivity contribution < 1.29 is 8.78 Å². The number of aryl methyl sites for hydroxylation is 10. The van der Waals surface area contributed by atoms with Crippen molar-refractivity contribution in [1.29, 1.82) is 0 Å². The van der Waals surface area contributed by atoms with Gasteiger partial charge in [-0.15, -0.1) is 159 Å². The van der Waals surface area contributed by atoms with Crippen LogP contribution in [0.15, 0.2) is 97.1 Å². The third-order valence-corrected chi connectivity index (χ3v) is 35.6. The molecule has 22 heteroatoms. The molecule has 0 N–H and O–H groups in total. The van der Waals surface area contributed by atoms with E-state index in [-0.39, 0.29) is 11.6 Å². The summed E-state index contributed by atoms with van der Waals surface area (Å²) in [6.45, 7) is 21.7. The van der Waals surface area contributed by atoms with Crippen molar-refractivity contribution in [3.05, 3.63) is 160 Å². The average Bonchev–Trinajstić information content (AvgIpc) is 1.56. The quantitative estimate of drug-likeness (QED) is 0.145. The Morgan fingerprint density at radius 2 is 0.585 bits per heavy atom. The number of benzene rings is 3. The van der Waals surface area contributed by atoms with Crippen LogP contribution in [0.1, 0.15) is 51.5 Å². The Bertz CT molecular complexity index is 6180. The summed E-state index contributed by atoms with van der Waals surface area (Å²) in [6, 6.07) is 35.6. The summed E-state index contributed by atoms with van der Waals surface area (Å²) in [5.41, 5.74) is 11.9. The number of hydrogen-bond acceptors (Lipinski definition) is 20. The van der Waals surface area contributed by atoms with Gasteiger partial charge in [-0.1, -0.05) is 0 Å². The Hall–Kier alpha value is -5.48. The SMILES string of the molecule is Cc1cc(F)c(-c2sc(-c3sc(-c4cc5c6nsnc6c6cc(-c7cc(C)c(C)s7)sc6c5s4)cc3C)cc2F)s1.Cc1ccc(-c2c3cc(-c4sc(-c5cc6c7nsnc7c7cc(-c8cc(C)c(C)s8)sc7c6s5)cc4C)sc3c(-c3ccc(C)s3)c3cc(C)sc23)s1. The fraction of sp³-hybridized carbons (Fsp3) is 0.139. The van der Waals surface area contributed by atoms with Crippen LogP contribution in [0.3, 0.4) is 0 Å². The highest BCUT2D eigenvalue weighted by molar-refractivity contribution is 7.35. The lowest BCUT2D eigenvalue weighted by Gasteiger charge is -2.09. The van der Waals surface area contributed by atoms with Crippen molar-refractivity contribution in [3.63, 3.8) is 0 Å². The van der Waals surface area contributed by atoms with E-state index in [1.807, 2.05) is 120 Å². The van der Waals surface area contributed by atoms with Crippen LogP contribution in [0.25, 0.3) is 172 Å². The molecule has 0 spiro atoms. The number of thiophene rings is 14. The van der Waals surface area contributed by atoms with Crippen LogP contribution in [-0.4, -0.2) is 17.5 Å². The van der Waals surface area contributed by atoms with E-state index < -0.39 is 0 Å². The van der Waals surface area contributed by atoms with Gasteiger partial charge in [0.25, 0.3) is 0 Å². The van der Waals surface area contributed by atoms with E-state index in [2.05, 4.69) is 147 Å². The Balaban J connectivity index is 0.000000143. The van der Waals surface area contributed by atoms with E-state index in [4.69, 9.17) is 17.5 Å². The van der Waals surface area contributed by atoms with Crippen LogP contribution in [-0.2, 0) is 0 Å². The minimum atomic E-state index is -0.368. The molecule has 0 saturated carbocycles. The molecule has 0 unspecified atom stereocenters. The lowest BCUT2D eigenvalue weighted by atomic mass is 9.99. The van der Waals surface area contributed by atoms with Crippen LogP contribution in [0.2, 0.25) is 0 Å². The summed E-state index contributed by atoms with van der Waals surface area (Å²) in [7, 11) is 0. The number of halogens is 2. The third-order valence-electron chi connectivity index (χ3n) is 17.2. The molecule has 0 aliphatic heterocycles. The molecule has 3 aromatic carbocycles. The van der Waals surface area contributed by atoms with Crippen molar-refractivity contribution in [1.82, 2.24) is 17.5 Å². The van der Waals surface area contributed by atoms with Gasteiger partial charge in [-0.3, -0.25) is 0 Å². The Labute approximate surface area is 602 Å². The van der Waals surface area contributed by atoms with Gasteiger partial charge in [0, 0.05) is 150 Å². The lowest BCUT2D eigenvalue weighted by molar-refractivity contribution is 0.623. The predicted molar refractivity (Wildman–Crippen MR) is 426 cm³/mol. The molecule has 0 radical (unpaired) electrons. The molecule has 0 aliphatic carbocycles. The van der Waals surface area contributed by atoms with E-state index in [1.54, 1.807) is 28.7 Å². The third kappa shape index (κ3) is 9.92. The van der Waals surface area contributed by atoms with Crippen LogP contribution in [0, 0.1) is 80.9 Å². The molecular weight excluding hydrogens is 1470 g/mol. The van der Waals surface area contributed by atoms with E-state index in [0.29, 0.717) is 9.75 Å². The smallest absolute Gasteiger partial charge is 0.143 e. The lowest BCUT2D eigenvalue weighted by Crippen LogP contribution is -1.81. The molecule has 19 rings (SSSR count). The summed E-state index contributed by atoms with van der Waals surface area (Å²) in [5.74, 6) is -0.726. The summed E-state index contributed by atoms with van der Waals surface area (Å²) in [5, 5.41) is 7.53. The van der Waals surface area contributed by atoms with E-state index in [9.17, 15) is 4.39 Å². The molecular formula is C72H46F2N4S16. The molecule has 0 fully saturated rings. The molecule has 0 amide bonds. The molecule has 4 nitrogen and oxygen atoms in total. The molecule has 0 saturated heterocycles. The number of hydrogen-bond donors (Lipinski definition) is 0. The first-order chi connectivity index (χ1) is 45.4. The topological polar surface area (TPSA) is 51.6 Å². The number of aromatic nitrogens is 4. The normalized spacial score (nSPS) is 12.3. The molecule has 464 valence electrons. The predicted octanol–water partition coefficient (Wildman–Crippen LogP) is 29.5. The zero-order chi connectivity index (χ0) is 64.0. The first-order valence-corrected chi connectivity index (χ1v) is 42.6. The minimum absolute atomic E-state index is 0.357. The van der Waals surface area contributed by atoms with Gasteiger partial charge in [-0.2, -0.15) is 17.5 Å². The second-order valence-electron chi connectivity index (χ2n) is 23.6. The highest BCUT2D eigenvalue weighted by Gasteiger charge is 2.28. The molecule has 0 bridgehead atoms. The summed E-state index contributed by atoms with van der Waals surface area (Å²) in [4.78, 5) is 25.8. The van der Waals surface area contributed by atoms with Crippen molar-refractivity contribution in [2.75, 3.05) is 0 Å². The van der Waals surface area contributed by atoms with Gasteiger partial charge in [0.05, 0.1) is 52.0 Å². The largest absolute Gasteiger partial charge is 0.205 e. The molecule has 0 aliphatic rings. The van der Waals surface area contributed by atoms with Crippen molar-refractivity contribution in [2.24, 2.45) is 0 Å². The summed E-state index contributed by atoms with van der Waals surface area (Å²) < 4.78 is 56.5. The molecule has 16 aromatic heterocycles. The second-order valence-corrected chi connectivity index (χ2v) is 40.7. The maximum Gasteiger partial charge on any atom is 0.143 e. The monoisotopic (exact) mass is 1520 g/mol. The Kier molecular flexibility index (Phi) is 14.9. The van der Waals surface area contributed by atoms with Gasteiger partial charge in [0.2, 0.25) is 0 Å². The Morgan fingerprint density at radius 1 is 0.245 bits per heavy atom. The number of fused-ring (bicyclic) bond motifs is 14. The minimum Gasteiger partial charge on any atom is -0.205 e. The molecule has 19 aromatic rings. The van der Waals surface area contributed by atoms with Gasteiger partial charge in [-0.25, -0.2) is 8.78 Å². The van der Waals surface area contributed by atoms with Gasteiger partial charge >= 0.3 is 0 Å². The van der Waals surface area contributed by atoms with Crippen LogP contribution in [0.5, 0.6) is 0 Å². The van der Waals surface area contributed by atoms with Gasteiger partial charge < -0.3 is 0 Å². The second kappa shape index (κ2) is 23.1. The van der Waals surface area contributed by atoms with Crippen LogP contribution < -0.4 is 0 Å². The fourth-order valence-corrected chi connectivity index (χ4v) is 30.0. The number of rotatable bonds is 9. The molecule has 16 heterocycles. The zero-order valence-electron chi connectivity index (χ0n) is 51.3. The highest BCUT2D eigenvalue weighted by atomic mass is 32.2. The highest BCUT2D eigenvalue weighted by Crippen LogP contribution is 2.57. The van der Waals surface area contributed by atoms with Gasteiger partial charge in [-0.05, 0) is 189 Å². The first kappa shape index (κ1) is 60.9. The van der Waals surface area contributed by atoms with E-state index >= 15 is 4.39 Å². The van der Waals surface area contributed by atoms with Gasteiger partial charge in [0.15, 0.2) is 0 Å². The van der Waals surface area contributed by atoms with Crippen molar-refractivity contribution in [2.45, 2.75) is 69.2 Å².